The molecular formula is C16H17BrF2OS. The van der Waals surface area contributed by atoms with E-state index in [1.807, 2.05) is 12.1 Å². The lowest BCUT2D eigenvalue weighted by molar-refractivity contribution is 0.179. The first kappa shape index (κ1) is 16.6. The highest BCUT2D eigenvalue weighted by atomic mass is 79.9. The Bertz CT molecular complexity index is 646. The summed E-state index contributed by atoms with van der Waals surface area (Å²) in [6, 6.07) is 6.30. The highest BCUT2D eigenvalue weighted by Crippen LogP contribution is 2.34. The van der Waals surface area contributed by atoms with E-state index in [1.54, 1.807) is 0 Å². The largest absolute Gasteiger partial charge is 0.387 e. The van der Waals surface area contributed by atoms with E-state index < -0.39 is 17.7 Å². The van der Waals surface area contributed by atoms with Crippen LogP contribution in [0.1, 0.15) is 42.2 Å². The molecule has 0 fully saturated rings. The van der Waals surface area contributed by atoms with Gasteiger partial charge in [-0.1, -0.05) is 20.8 Å². The predicted molar refractivity (Wildman–Crippen MR) is 85.7 cm³/mol. The summed E-state index contributed by atoms with van der Waals surface area (Å²) < 4.78 is 27.9. The zero-order valence-electron chi connectivity index (χ0n) is 12.1. The van der Waals surface area contributed by atoms with Crippen LogP contribution in [0.2, 0.25) is 0 Å². The third-order valence-electron chi connectivity index (χ3n) is 3.23. The van der Waals surface area contributed by atoms with E-state index in [4.69, 9.17) is 0 Å². The van der Waals surface area contributed by atoms with Crippen LogP contribution in [-0.2, 0) is 11.8 Å². The van der Waals surface area contributed by atoms with Crippen LogP contribution in [0.4, 0.5) is 8.78 Å². The van der Waals surface area contributed by atoms with Crippen LogP contribution in [0.15, 0.2) is 28.7 Å². The summed E-state index contributed by atoms with van der Waals surface area (Å²) in [5.41, 5.74) is -0.0999. The van der Waals surface area contributed by atoms with Crippen LogP contribution < -0.4 is 0 Å². The first-order chi connectivity index (χ1) is 9.70. The van der Waals surface area contributed by atoms with Gasteiger partial charge in [0.2, 0.25) is 0 Å². The number of hydrogen-bond donors (Lipinski definition) is 1. The van der Waals surface area contributed by atoms with Gasteiger partial charge in [0.05, 0.1) is 10.6 Å². The van der Waals surface area contributed by atoms with Gasteiger partial charge in [-0.15, -0.1) is 11.3 Å². The van der Waals surface area contributed by atoms with Crippen molar-refractivity contribution in [2.45, 2.75) is 38.7 Å². The van der Waals surface area contributed by atoms with E-state index >= 15 is 0 Å². The fraction of sp³-hybridized carbons (Fsp3) is 0.375. The second kappa shape index (κ2) is 6.15. The average Bonchev–Trinajstić information content (AvgIpc) is 2.88. The predicted octanol–water partition coefficient (Wildman–Crippen LogP) is 5.36. The van der Waals surface area contributed by atoms with Crippen molar-refractivity contribution in [3.8, 4) is 0 Å². The fourth-order valence-corrected chi connectivity index (χ4v) is 3.41. The van der Waals surface area contributed by atoms with Gasteiger partial charge in [0.15, 0.2) is 0 Å². The smallest absolute Gasteiger partial charge is 0.143 e. The highest BCUT2D eigenvalue weighted by Gasteiger charge is 2.21. The molecule has 0 saturated heterocycles. The molecule has 5 heteroatoms. The molecule has 0 aliphatic carbocycles. The van der Waals surface area contributed by atoms with Crippen molar-refractivity contribution in [1.29, 1.82) is 0 Å². The molecular weight excluding hydrogens is 358 g/mol. The standard InChI is InChI=1S/C16H17BrF2OS/c1-16(2,3)14-7-6-13(21-14)12(20)8-9-11(18)5-4-10(17)15(9)19/h4-7,12,20H,8H2,1-3H3. The van der Waals surface area contributed by atoms with Gasteiger partial charge in [-0.2, -0.15) is 0 Å². The van der Waals surface area contributed by atoms with Crippen molar-refractivity contribution in [3.05, 3.63) is 55.7 Å². The molecule has 0 amide bonds. The third kappa shape index (κ3) is 3.71. The SMILES string of the molecule is CC(C)(C)c1ccc(C(O)Cc2c(F)ccc(Br)c2F)s1. The first-order valence-corrected chi connectivity index (χ1v) is 8.21. The van der Waals surface area contributed by atoms with E-state index in [1.165, 1.54) is 23.5 Å². The Hall–Kier alpha value is -0.780. The Morgan fingerprint density at radius 2 is 1.86 bits per heavy atom. The minimum Gasteiger partial charge on any atom is -0.387 e. The summed E-state index contributed by atoms with van der Waals surface area (Å²) >= 11 is 4.51. The van der Waals surface area contributed by atoms with Crippen molar-refractivity contribution in [2.75, 3.05) is 0 Å². The summed E-state index contributed by atoms with van der Waals surface area (Å²) in [6.07, 6.45) is -0.995. The van der Waals surface area contributed by atoms with Crippen molar-refractivity contribution in [3.63, 3.8) is 0 Å². The van der Waals surface area contributed by atoms with E-state index in [0.717, 1.165) is 9.75 Å². The quantitative estimate of drug-likeness (QED) is 0.716. The Balaban J connectivity index is 2.25. The molecule has 1 unspecified atom stereocenters. The lowest BCUT2D eigenvalue weighted by Crippen LogP contribution is -2.08. The Kier molecular flexibility index (Phi) is 4.85. The van der Waals surface area contributed by atoms with Gasteiger partial charge in [-0.05, 0) is 45.6 Å². The number of hydrogen-bond acceptors (Lipinski definition) is 2. The molecule has 114 valence electrons. The van der Waals surface area contributed by atoms with Crippen LogP contribution in [0.25, 0.3) is 0 Å². The molecule has 0 spiro atoms. The summed E-state index contributed by atoms with van der Waals surface area (Å²) in [4.78, 5) is 1.85. The topological polar surface area (TPSA) is 20.2 Å². The van der Waals surface area contributed by atoms with Gasteiger partial charge in [0, 0.05) is 21.7 Å². The summed E-state index contributed by atoms with van der Waals surface area (Å²) in [6.45, 7) is 6.26. The molecule has 0 bridgehead atoms. The number of halogens is 3. The lowest BCUT2D eigenvalue weighted by atomic mass is 9.95. The minimum atomic E-state index is -0.913. The monoisotopic (exact) mass is 374 g/mol. The molecule has 1 atom stereocenters. The molecule has 0 saturated carbocycles. The van der Waals surface area contributed by atoms with Crippen molar-refractivity contribution in [1.82, 2.24) is 0 Å². The zero-order chi connectivity index (χ0) is 15.8. The number of benzene rings is 1. The fourth-order valence-electron chi connectivity index (χ4n) is 1.99. The molecule has 0 aliphatic rings. The van der Waals surface area contributed by atoms with Crippen LogP contribution in [-0.4, -0.2) is 5.11 Å². The Morgan fingerprint density at radius 1 is 1.19 bits per heavy atom. The maximum Gasteiger partial charge on any atom is 0.143 e. The number of thiophene rings is 1. The summed E-state index contributed by atoms with van der Waals surface area (Å²) in [5, 5.41) is 10.3. The second-order valence-electron chi connectivity index (χ2n) is 5.99. The molecule has 0 aliphatic heterocycles. The molecule has 0 radical (unpaired) electrons. The van der Waals surface area contributed by atoms with Crippen LogP contribution in [0.5, 0.6) is 0 Å². The second-order valence-corrected chi connectivity index (χ2v) is 7.96. The summed E-state index contributed by atoms with van der Waals surface area (Å²) in [7, 11) is 0. The number of aliphatic hydroxyl groups is 1. The third-order valence-corrected chi connectivity index (χ3v) is 5.46. The normalized spacial score (nSPS) is 13.5. The van der Waals surface area contributed by atoms with Crippen LogP contribution >= 0.6 is 27.3 Å². The van der Waals surface area contributed by atoms with E-state index in [9.17, 15) is 13.9 Å². The zero-order valence-corrected chi connectivity index (χ0v) is 14.5. The van der Waals surface area contributed by atoms with Gasteiger partial charge in [-0.3, -0.25) is 0 Å². The van der Waals surface area contributed by atoms with Crippen LogP contribution in [0.3, 0.4) is 0 Å². The molecule has 1 heterocycles. The molecule has 21 heavy (non-hydrogen) atoms. The van der Waals surface area contributed by atoms with Crippen molar-refractivity contribution in [2.24, 2.45) is 0 Å². The Labute approximate surface area is 135 Å². The molecule has 1 aromatic heterocycles. The molecule has 1 aromatic carbocycles. The van der Waals surface area contributed by atoms with Gasteiger partial charge in [0.25, 0.3) is 0 Å². The van der Waals surface area contributed by atoms with Gasteiger partial charge in [0.1, 0.15) is 11.6 Å². The van der Waals surface area contributed by atoms with E-state index in [-0.39, 0.29) is 21.9 Å². The Morgan fingerprint density at radius 3 is 2.43 bits per heavy atom. The number of rotatable bonds is 3. The maximum atomic E-state index is 13.9. The molecule has 2 aromatic rings. The van der Waals surface area contributed by atoms with Crippen molar-refractivity contribution < 1.29 is 13.9 Å². The van der Waals surface area contributed by atoms with Gasteiger partial charge in [-0.25, -0.2) is 8.78 Å². The lowest BCUT2D eigenvalue weighted by Gasteiger charge is -2.16. The first-order valence-electron chi connectivity index (χ1n) is 6.61. The maximum absolute atomic E-state index is 13.9. The average molecular weight is 375 g/mol. The van der Waals surface area contributed by atoms with E-state index in [0.29, 0.717) is 0 Å². The molecule has 1 nitrogen and oxygen atoms in total. The minimum absolute atomic E-state index is 0.00505. The molecule has 2 rings (SSSR count). The van der Waals surface area contributed by atoms with Crippen LogP contribution in [0, 0.1) is 11.6 Å². The van der Waals surface area contributed by atoms with Crippen molar-refractivity contribution >= 4 is 27.3 Å². The summed E-state index contributed by atoms with van der Waals surface area (Å²) in [5.74, 6) is -1.29. The highest BCUT2D eigenvalue weighted by molar-refractivity contribution is 9.10. The van der Waals surface area contributed by atoms with Gasteiger partial charge >= 0.3 is 0 Å². The number of aliphatic hydroxyl groups excluding tert-OH is 1. The van der Waals surface area contributed by atoms with Gasteiger partial charge < -0.3 is 5.11 Å². The molecule has 1 N–H and O–H groups in total. The van der Waals surface area contributed by atoms with E-state index in [2.05, 4.69) is 36.7 Å².